The summed E-state index contributed by atoms with van der Waals surface area (Å²) in [5, 5.41) is 32.9. The van der Waals surface area contributed by atoms with Gasteiger partial charge in [-0.1, -0.05) is 31.2 Å². The van der Waals surface area contributed by atoms with E-state index in [9.17, 15) is 20.4 Å². The van der Waals surface area contributed by atoms with Crippen LogP contribution in [-0.2, 0) is 0 Å². The highest BCUT2D eigenvalue weighted by Crippen LogP contribution is 2.48. The number of carbonyl (C=O) groups is 1. The van der Waals surface area contributed by atoms with Crippen LogP contribution >= 0.6 is 11.3 Å². The first kappa shape index (κ1) is 17.7. The van der Waals surface area contributed by atoms with Crippen LogP contribution in [0, 0.1) is 22.7 Å². The quantitative estimate of drug-likeness (QED) is 0.479. The van der Waals surface area contributed by atoms with Crippen molar-refractivity contribution in [2.45, 2.75) is 12.8 Å². The number of carboxylic acid groups (broad SMARTS) is 1. The number of benzene rings is 2. The van der Waals surface area contributed by atoms with Gasteiger partial charge in [0.05, 0.1) is 5.56 Å². The summed E-state index contributed by atoms with van der Waals surface area (Å²) in [6.07, 6.45) is 0. The molecule has 134 valence electrons. The lowest BCUT2D eigenvalue weighted by Crippen LogP contribution is -2.04. The van der Waals surface area contributed by atoms with Gasteiger partial charge in [-0.05, 0) is 56.8 Å². The second kappa shape index (κ2) is 6.81. The second-order valence-electron chi connectivity index (χ2n) is 6.59. The van der Waals surface area contributed by atoms with Crippen molar-refractivity contribution >= 4 is 22.9 Å². The molecule has 1 aliphatic rings. The van der Waals surface area contributed by atoms with Crippen molar-refractivity contribution in [1.82, 2.24) is 0 Å². The molecule has 1 atom stereocenters. The van der Waals surface area contributed by atoms with E-state index >= 15 is 0 Å². The summed E-state index contributed by atoms with van der Waals surface area (Å²) in [5.74, 6) is -1.03. The van der Waals surface area contributed by atoms with Gasteiger partial charge < -0.3 is 5.11 Å². The maximum absolute atomic E-state index is 12.1. The first-order valence-electron chi connectivity index (χ1n) is 8.64. The molecule has 0 spiro atoms. The standard InChI is InChI=1S/C23H14N2O2S/c1-13(14-6-7-28-12-14)15-8-19-21(16(10-24)11-25)17-4-2-3-5-18(17)22(19)20(9-15)23(26)27/h2-9,12-13H,1H3,(H,26,27). The average molecular weight is 382 g/mol. The van der Waals surface area contributed by atoms with E-state index in [2.05, 4.69) is 0 Å². The summed E-state index contributed by atoms with van der Waals surface area (Å²) in [4.78, 5) is 12.1. The monoisotopic (exact) mass is 382 g/mol. The zero-order chi connectivity index (χ0) is 19.8. The van der Waals surface area contributed by atoms with Gasteiger partial charge in [0.1, 0.15) is 17.7 Å². The van der Waals surface area contributed by atoms with Crippen molar-refractivity contribution in [3.05, 3.63) is 86.6 Å². The number of aromatic carboxylic acids is 1. The minimum Gasteiger partial charge on any atom is -0.478 e. The van der Waals surface area contributed by atoms with Crippen LogP contribution in [0.5, 0.6) is 0 Å². The average Bonchev–Trinajstić information content (AvgIpc) is 3.35. The Labute approximate surface area is 166 Å². The van der Waals surface area contributed by atoms with Gasteiger partial charge >= 0.3 is 5.97 Å². The van der Waals surface area contributed by atoms with E-state index in [0.29, 0.717) is 16.7 Å². The highest BCUT2D eigenvalue weighted by atomic mass is 32.1. The van der Waals surface area contributed by atoms with E-state index in [1.54, 1.807) is 17.4 Å². The number of hydrogen-bond acceptors (Lipinski definition) is 4. The Bertz CT molecular complexity index is 1210. The smallest absolute Gasteiger partial charge is 0.336 e. The molecular formula is C23H14N2O2S. The molecule has 3 aromatic rings. The van der Waals surface area contributed by atoms with E-state index in [4.69, 9.17) is 0 Å². The van der Waals surface area contributed by atoms with Gasteiger partial charge in [-0.3, -0.25) is 0 Å². The topological polar surface area (TPSA) is 84.9 Å². The zero-order valence-corrected chi connectivity index (χ0v) is 15.7. The Morgan fingerprint density at radius 2 is 1.75 bits per heavy atom. The number of fused-ring (bicyclic) bond motifs is 3. The van der Waals surface area contributed by atoms with Gasteiger partial charge in [-0.2, -0.15) is 21.9 Å². The van der Waals surface area contributed by atoms with Gasteiger partial charge in [0, 0.05) is 17.1 Å². The Morgan fingerprint density at radius 3 is 2.36 bits per heavy atom. The highest BCUT2D eigenvalue weighted by molar-refractivity contribution is 7.08. The maximum atomic E-state index is 12.1. The van der Waals surface area contributed by atoms with E-state index in [-0.39, 0.29) is 17.1 Å². The first-order valence-corrected chi connectivity index (χ1v) is 9.59. The third-order valence-corrected chi connectivity index (χ3v) is 5.84. The summed E-state index contributed by atoms with van der Waals surface area (Å²) in [5.41, 5.74) is 5.30. The third-order valence-electron chi connectivity index (χ3n) is 5.14. The van der Waals surface area contributed by atoms with Crippen LogP contribution in [-0.4, -0.2) is 11.1 Å². The molecule has 0 saturated heterocycles. The van der Waals surface area contributed by atoms with Crippen LogP contribution < -0.4 is 0 Å². The zero-order valence-electron chi connectivity index (χ0n) is 14.9. The van der Waals surface area contributed by atoms with Crippen molar-refractivity contribution < 1.29 is 9.90 Å². The SMILES string of the molecule is CC(c1ccsc1)c1cc(C(=O)O)c2c(c1)C(=C(C#N)C#N)c1ccccc1-2. The molecule has 1 aromatic heterocycles. The minimum atomic E-state index is -1.03. The highest BCUT2D eigenvalue weighted by Gasteiger charge is 2.31. The Kier molecular flexibility index (Phi) is 4.31. The minimum absolute atomic E-state index is 0.00719. The molecule has 0 bridgehead atoms. The van der Waals surface area contributed by atoms with Crippen LogP contribution in [0.1, 0.15) is 45.5 Å². The fraction of sp³-hybridized carbons (Fsp3) is 0.0870. The van der Waals surface area contributed by atoms with Crippen LogP contribution in [0.3, 0.4) is 0 Å². The van der Waals surface area contributed by atoms with Gasteiger partial charge in [-0.15, -0.1) is 0 Å². The molecule has 4 nitrogen and oxygen atoms in total. The van der Waals surface area contributed by atoms with Crippen molar-refractivity contribution in [2.24, 2.45) is 0 Å². The number of carboxylic acids is 1. The first-order chi connectivity index (χ1) is 13.6. The number of hydrogen-bond donors (Lipinski definition) is 1. The van der Waals surface area contributed by atoms with Crippen LogP contribution in [0.2, 0.25) is 0 Å². The third kappa shape index (κ3) is 2.62. The molecule has 1 unspecified atom stereocenters. The fourth-order valence-corrected chi connectivity index (χ4v) is 4.51. The van der Waals surface area contributed by atoms with Crippen molar-refractivity contribution in [1.29, 1.82) is 10.5 Å². The predicted molar refractivity (Wildman–Crippen MR) is 108 cm³/mol. The lowest BCUT2D eigenvalue weighted by atomic mass is 9.88. The number of nitrogens with zero attached hydrogens (tertiary/aromatic N) is 2. The van der Waals surface area contributed by atoms with Crippen molar-refractivity contribution in [3.8, 4) is 23.3 Å². The Morgan fingerprint density at radius 1 is 1.04 bits per heavy atom. The molecule has 5 heteroatoms. The summed E-state index contributed by atoms with van der Waals surface area (Å²) in [6, 6.07) is 16.9. The lowest BCUT2D eigenvalue weighted by molar-refractivity contribution is 0.0697. The van der Waals surface area contributed by atoms with Crippen molar-refractivity contribution in [2.75, 3.05) is 0 Å². The normalized spacial score (nSPS) is 12.5. The lowest BCUT2D eigenvalue weighted by Gasteiger charge is -2.15. The van der Waals surface area contributed by atoms with Crippen LogP contribution in [0.4, 0.5) is 0 Å². The number of allylic oxidation sites excluding steroid dienone is 1. The molecule has 0 fully saturated rings. The second-order valence-corrected chi connectivity index (χ2v) is 7.37. The fourth-order valence-electron chi connectivity index (χ4n) is 3.75. The molecular weight excluding hydrogens is 368 g/mol. The molecule has 0 amide bonds. The van der Waals surface area contributed by atoms with Crippen LogP contribution in [0.25, 0.3) is 16.7 Å². The van der Waals surface area contributed by atoms with Crippen molar-refractivity contribution in [3.63, 3.8) is 0 Å². The molecule has 0 saturated carbocycles. The number of nitriles is 2. The molecule has 1 heterocycles. The van der Waals surface area contributed by atoms with E-state index in [0.717, 1.165) is 22.3 Å². The molecule has 0 radical (unpaired) electrons. The molecule has 4 rings (SSSR count). The molecule has 28 heavy (non-hydrogen) atoms. The van der Waals surface area contributed by atoms with E-state index < -0.39 is 5.97 Å². The Balaban J connectivity index is 2.08. The summed E-state index contributed by atoms with van der Waals surface area (Å²) in [7, 11) is 0. The molecule has 1 N–H and O–H groups in total. The summed E-state index contributed by atoms with van der Waals surface area (Å²) < 4.78 is 0. The maximum Gasteiger partial charge on any atom is 0.336 e. The number of thiophene rings is 1. The van der Waals surface area contributed by atoms with E-state index in [1.807, 2.05) is 66.2 Å². The molecule has 1 aliphatic carbocycles. The largest absolute Gasteiger partial charge is 0.478 e. The van der Waals surface area contributed by atoms with Gasteiger partial charge in [0.25, 0.3) is 0 Å². The van der Waals surface area contributed by atoms with Gasteiger partial charge in [0.15, 0.2) is 0 Å². The molecule has 2 aromatic carbocycles. The van der Waals surface area contributed by atoms with Crippen LogP contribution in [0.15, 0.2) is 58.8 Å². The van der Waals surface area contributed by atoms with E-state index in [1.165, 1.54) is 0 Å². The summed E-state index contributed by atoms with van der Waals surface area (Å²) >= 11 is 1.59. The number of rotatable bonds is 3. The summed E-state index contributed by atoms with van der Waals surface area (Å²) in [6.45, 7) is 2.02. The Hall–Kier alpha value is -3.67. The predicted octanol–water partition coefficient (Wildman–Crippen LogP) is 5.43. The molecule has 0 aliphatic heterocycles. The van der Waals surface area contributed by atoms with Gasteiger partial charge in [-0.25, -0.2) is 4.79 Å². The van der Waals surface area contributed by atoms with Gasteiger partial charge in [0.2, 0.25) is 0 Å².